The van der Waals surface area contributed by atoms with E-state index in [0.717, 1.165) is 77.8 Å². The van der Waals surface area contributed by atoms with Crippen LogP contribution in [-0.4, -0.2) is 174 Å². The molecule has 0 radical (unpaired) electrons. The minimum atomic E-state index is -0.663. The lowest BCUT2D eigenvalue weighted by Gasteiger charge is -2.39. The number of morpholine rings is 3. The monoisotopic (exact) mass is 1510 g/mol. The number of ether oxygens (including phenoxy) is 6. The predicted molar refractivity (Wildman–Crippen MR) is 382 cm³/mol. The smallest absolute Gasteiger partial charge is 0.417 e. The number of hydrogen-bond acceptors (Lipinski definition) is 16. The van der Waals surface area contributed by atoms with E-state index in [0.29, 0.717) is 62.1 Å². The summed E-state index contributed by atoms with van der Waals surface area (Å²) in [7, 11) is 0. The largest absolute Gasteiger partial charge is 0.444 e. The number of anilines is 4. The summed E-state index contributed by atoms with van der Waals surface area (Å²) < 4.78 is 66.5. The van der Waals surface area contributed by atoms with E-state index in [2.05, 4.69) is 105 Å². The Morgan fingerprint density at radius 1 is 0.531 bits per heavy atom. The number of hydrogen-bond donors (Lipinski definition) is 3. The molecule has 3 fully saturated rings. The Hall–Kier alpha value is -7.02. The third kappa shape index (κ3) is 21.7. The van der Waals surface area contributed by atoms with Crippen molar-refractivity contribution in [1.82, 2.24) is 49.4 Å². The van der Waals surface area contributed by atoms with Crippen molar-refractivity contribution in [2.24, 2.45) is 0 Å². The summed E-state index contributed by atoms with van der Waals surface area (Å²) in [6.45, 7) is 38.7. The summed E-state index contributed by atoms with van der Waals surface area (Å²) in [5, 5.41) is 21.8. The van der Waals surface area contributed by atoms with Gasteiger partial charge in [-0.25, -0.2) is 28.0 Å². The highest BCUT2D eigenvalue weighted by Gasteiger charge is 2.37. The van der Waals surface area contributed by atoms with Gasteiger partial charge in [0.2, 0.25) is 0 Å². The van der Waals surface area contributed by atoms with Crippen LogP contribution in [0.25, 0.3) is 0 Å². The standard InChI is InChI=1S/C20H25ClFN5O2.C18H30N4O3.C13H9ClFNO2.C12H18IN3O2.C6H13NO/c1-12-8-27-19(18(7-23-27)25-9-13(2)29-14(3)10-25)11-26(12)20(28)24-15-4-5-17(22)16(21)6-15;1-12-8-22-16(11-21(12)17(23)25-18(4,5)6)15(7-19-22)20-9-13(2)24-14(3)10-20;14-11-8-9(6-7-12(11)15)16-13(17)18-10-4-2-1-3-5-10;1-8-6-16-10(9(13)5-14-16)7-15(8)11(17)18-12(2,3)4;1-5-3-7-4-6(2)8-5/h4-7,12-14H,8-11H2,1-3H3,(H,24,28);7,12-14H,8-11H2,1-6H3;1-8H,(H,16,17);5,8H,6-7H2,1-4H3;5-7H,3-4H2,1-2H3/t2*12-,13-,14-;;8-;5-,6-/m00.00/s1. The molecular weight excluding hydrogens is 1420 g/mol. The number of amides is 5. The number of carbonyl (C=O) groups excluding carboxylic acids is 4. The van der Waals surface area contributed by atoms with Crippen molar-refractivity contribution in [2.75, 3.05) is 59.7 Å². The van der Waals surface area contributed by atoms with Crippen LogP contribution in [0.4, 0.5) is 50.7 Å². The van der Waals surface area contributed by atoms with E-state index < -0.39 is 28.9 Å². The number of halogens is 5. The number of para-hydroxylation sites is 1. The van der Waals surface area contributed by atoms with Crippen molar-refractivity contribution in [3.63, 3.8) is 0 Å². The van der Waals surface area contributed by atoms with Gasteiger partial charge in [0.25, 0.3) is 0 Å². The van der Waals surface area contributed by atoms with E-state index in [1.165, 1.54) is 36.4 Å². The summed E-state index contributed by atoms with van der Waals surface area (Å²) in [5.41, 5.74) is 5.19. The molecule has 3 aromatic heterocycles. The molecule has 6 aliphatic heterocycles. The summed E-state index contributed by atoms with van der Waals surface area (Å²) in [6, 6.07) is 16.5. The molecule has 9 heterocycles. The first kappa shape index (κ1) is 76.7. The van der Waals surface area contributed by atoms with Crippen LogP contribution in [0.5, 0.6) is 5.75 Å². The van der Waals surface area contributed by atoms with Gasteiger partial charge in [-0.2, -0.15) is 15.3 Å². The molecule has 0 bridgehead atoms. The SMILES string of the molecule is C[C@H]1CN(c2cnn3c2CN(C(=O)Nc2ccc(F)c(Cl)c2)[C@@H](C)C3)C[C@H](C)O1.C[C@H]1CN(c2cnn3c2CN(C(=O)OC(C)(C)C)[C@@H](C)C3)C[C@H](C)O1.C[C@H]1CNC[C@H](C)O1.C[C@H]1Cn2ncc(I)c2CN1C(=O)OC(C)(C)C.O=C(Nc1ccc(F)c(Cl)c1)Oc1ccccc1. The van der Waals surface area contributed by atoms with Crippen LogP contribution >= 0.6 is 45.8 Å². The number of urea groups is 1. The van der Waals surface area contributed by atoms with Gasteiger partial charge in [0.05, 0.1) is 155 Å². The Morgan fingerprint density at radius 3 is 1.34 bits per heavy atom. The molecule has 98 heavy (non-hydrogen) atoms. The molecule has 6 aromatic rings. The molecule has 6 aliphatic rings. The fourth-order valence-electron chi connectivity index (χ4n) is 11.9. The first-order valence-electron chi connectivity index (χ1n) is 33.1. The maximum Gasteiger partial charge on any atom is 0.417 e. The van der Waals surface area contributed by atoms with Crippen molar-refractivity contribution in [3.8, 4) is 5.75 Å². The zero-order valence-corrected chi connectivity index (χ0v) is 62.3. The van der Waals surface area contributed by atoms with Crippen molar-refractivity contribution < 1.29 is 56.4 Å². The molecule has 3 N–H and O–H groups in total. The molecule has 0 spiro atoms. The highest BCUT2D eigenvalue weighted by molar-refractivity contribution is 14.1. The van der Waals surface area contributed by atoms with Gasteiger partial charge >= 0.3 is 24.3 Å². The number of fused-ring (bicyclic) bond motifs is 3. The van der Waals surface area contributed by atoms with Crippen molar-refractivity contribution >= 4 is 92.9 Å². The van der Waals surface area contributed by atoms with E-state index in [9.17, 15) is 28.0 Å². The van der Waals surface area contributed by atoms with Gasteiger partial charge in [0.1, 0.15) is 28.6 Å². The van der Waals surface area contributed by atoms with Crippen LogP contribution in [-0.2, 0) is 63.0 Å². The van der Waals surface area contributed by atoms with Crippen LogP contribution in [0.15, 0.2) is 85.3 Å². The van der Waals surface area contributed by atoms with Gasteiger partial charge in [-0.1, -0.05) is 41.4 Å². The predicted octanol–water partition coefficient (Wildman–Crippen LogP) is 13.5. The number of rotatable bonds is 5. The lowest BCUT2D eigenvalue weighted by atomic mass is 10.1. The van der Waals surface area contributed by atoms with E-state index in [-0.39, 0.29) is 70.8 Å². The molecule has 0 aliphatic carbocycles. The lowest BCUT2D eigenvalue weighted by Crippen LogP contribution is -2.48. The maximum absolute atomic E-state index is 13.4. The van der Waals surface area contributed by atoms with Gasteiger partial charge in [-0.3, -0.25) is 29.2 Å². The van der Waals surface area contributed by atoms with Crippen LogP contribution in [0.3, 0.4) is 0 Å². The molecule has 9 atom stereocenters. The molecule has 3 aromatic carbocycles. The van der Waals surface area contributed by atoms with Gasteiger partial charge in [-0.15, -0.1) is 0 Å². The zero-order valence-electron chi connectivity index (χ0n) is 58.7. The van der Waals surface area contributed by atoms with Crippen LogP contribution in [0.2, 0.25) is 10.0 Å². The quantitative estimate of drug-likeness (QED) is 0.136. The molecule has 0 saturated carbocycles. The maximum atomic E-state index is 13.4. The van der Waals surface area contributed by atoms with E-state index in [1.54, 1.807) is 39.0 Å². The molecule has 0 unspecified atom stereocenters. The lowest BCUT2D eigenvalue weighted by molar-refractivity contribution is -0.0166. The Bertz CT molecular complexity index is 3640. The summed E-state index contributed by atoms with van der Waals surface area (Å²) >= 11 is 13.7. The first-order valence-corrected chi connectivity index (χ1v) is 35.0. The zero-order chi connectivity index (χ0) is 71.5. The molecule has 12 rings (SSSR count). The topological polar surface area (TPSA) is 229 Å². The average Bonchev–Trinajstić information content (AvgIpc) is 1.60. The second kappa shape index (κ2) is 33.9. The van der Waals surface area contributed by atoms with Crippen molar-refractivity contribution in [3.05, 3.63) is 128 Å². The van der Waals surface area contributed by atoms with Gasteiger partial charge in [0.15, 0.2) is 0 Å². The fourth-order valence-corrected chi connectivity index (χ4v) is 12.8. The highest BCUT2D eigenvalue weighted by Crippen LogP contribution is 2.33. The van der Waals surface area contributed by atoms with Crippen molar-refractivity contribution in [1.29, 1.82) is 0 Å². The molecular formula is C69H95Cl2F2IN14O10. The second-order valence-corrected chi connectivity index (χ2v) is 29.6. The van der Waals surface area contributed by atoms with Gasteiger partial charge < -0.3 is 53.8 Å². The van der Waals surface area contributed by atoms with Crippen LogP contribution in [0, 0.1) is 15.2 Å². The van der Waals surface area contributed by atoms with Crippen LogP contribution in [0.1, 0.15) is 121 Å². The Kier molecular flexibility index (Phi) is 26.5. The van der Waals surface area contributed by atoms with E-state index >= 15 is 0 Å². The normalized spacial score (nSPS) is 22.8. The third-order valence-corrected chi connectivity index (χ3v) is 17.8. The number of aromatic nitrogens is 6. The average molecular weight is 1520 g/mol. The molecule has 536 valence electrons. The minimum absolute atomic E-state index is 0.0228. The number of benzene rings is 3. The Labute approximate surface area is 597 Å². The van der Waals surface area contributed by atoms with E-state index in [1.807, 2.05) is 101 Å². The molecule has 24 nitrogen and oxygen atoms in total. The molecule has 29 heteroatoms. The summed E-state index contributed by atoms with van der Waals surface area (Å²) in [6.07, 6.45) is 5.91. The minimum Gasteiger partial charge on any atom is -0.444 e. The van der Waals surface area contributed by atoms with Gasteiger partial charge in [0, 0.05) is 50.6 Å². The van der Waals surface area contributed by atoms with E-state index in [4.69, 9.17) is 51.6 Å². The summed E-state index contributed by atoms with van der Waals surface area (Å²) in [4.78, 5) is 59.1. The third-order valence-electron chi connectivity index (χ3n) is 16.3. The second-order valence-electron chi connectivity index (χ2n) is 27.6. The molecule has 3 saturated heterocycles. The van der Waals surface area contributed by atoms with Crippen LogP contribution < -0.4 is 30.5 Å². The van der Waals surface area contributed by atoms with Gasteiger partial charge in [-0.05, 0) is 175 Å². The molecule has 5 amide bonds. The highest BCUT2D eigenvalue weighted by atomic mass is 127. The fraction of sp³-hybridized carbons (Fsp3) is 0.551. The summed E-state index contributed by atoms with van der Waals surface area (Å²) in [5.74, 6) is -0.639. The van der Waals surface area contributed by atoms with Crippen molar-refractivity contribution in [2.45, 2.75) is 209 Å². The Morgan fingerprint density at radius 2 is 0.918 bits per heavy atom. The number of nitrogens with one attached hydrogen (secondary N) is 3. The Balaban J connectivity index is 0.000000163. The first-order chi connectivity index (χ1) is 46.2. The number of nitrogens with zero attached hydrogens (tertiary/aromatic N) is 11. The number of carbonyl (C=O) groups is 4.